The molecule has 2 aromatic rings. The predicted octanol–water partition coefficient (Wildman–Crippen LogP) is 3.36. The molecule has 0 fully saturated rings. The number of halogens is 1. The summed E-state index contributed by atoms with van der Waals surface area (Å²) >= 11 is 0. The zero-order valence-electron chi connectivity index (χ0n) is 15.6. The van der Waals surface area contributed by atoms with Crippen LogP contribution in [0.5, 0.6) is 0 Å². The molecule has 144 valence electrons. The van der Waals surface area contributed by atoms with Gasteiger partial charge in [0.1, 0.15) is 0 Å². The number of nitrogens with zero attached hydrogens (tertiary/aromatic N) is 3. The van der Waals surface area contributed by atoms with E-state index in [9.17, 15) is 0 Å². The average molecular weight is 471 g/mol. The number of aromatic nitrogens is 2. The second kappa shape index (κ2) is 13.6. The van der Waals surface area contributed by atoms with Crippen LogP contribution in [0, 0.1) is 0 Å². The first-order valence-corrected chi connectivity index (χ1v) is 8.94. The molecule has 7 heteroatoms. The number of hydrogen-bond acceptors (Lipinski definition) is 3. The topological polar surface area (TPSA) is 63.5 Å². The van der Waals surface area contributed by atoms with Crippen LogP contribution < -0.4 is 10.6 Å². The molecule has 0 spiro atoms. The number of nitrogens with one attached hydrogen (secondary N) is 2. The lowest BCUT2D eigenvalue weighted by atomic mass is 10.3. The molecular weight excluding hydrogens is 441 g/mol. The number of aliphatic imine (C=N–C) groups is 1. The third kappa shape index (κ3) is 8.18. The van der Waals surface area contributed by atoms with E-state index < -0.39 is 0 Å². The highest BCUT2D eigenvalue weighted by Crippen LogP contribution is 2.07. The Labute approximate surface area is 173 Å². The van der Waals surface area contributed by atoms with Crippen molar-refractivity contribution in [2.75, 3.05) is 26.8 Å². The molecule has 2 N–H and O–H groups in total. The largest absolute Gasteiger partial charge is 0.381 e. The Bertz CT molecular complexity index is 630. The lowest BCUT2D eigenvalue weighted by Gasteiger charge is -2.11. The Morgan fingerprint density at radius 2 is 1.92 bits per heavy atom. The third-order valence-corrected chi connectivity index (χ3v) is 3.74. The summed E-state index contributed by atoms with van der Waals surface area (Å²) in [6, 6.07) is 10.1. The fourth-order valence-corrected chi connectivity index (χ4v) is 2.31. The summed E-state index contributed by atoms with van der Waals surface area (Å²) in [6.45, 7) is 5.33. The molecule has 0 saturated heterocycles. The van der Waals surface area contributed by atoms with Crippen LogP contribution in [0.25, 0.3) is 5.69 Å². The molecule has 0 atom stereocenters. The molecule has 0 aliphatic heterocycles. The Balaban J connectivity index is 0.00000338. The van der Waals surface area contributed by atoms with Crippen LogP contribution in [0.4, 0.5) is 0 Å². The van der Waals surface area contributed by atoms with E-state index >= 15 is 0 Å². The summed E-state index contributed by atoms with van der Waals surface area (Å²) in [5.41, 5.74) is 2.16. The van der Waals surface area contributed by atoms with E-state index in [-0.39, 0.29) is 24.0 Å². The standard InChI is InChI=1S/C19H29N5O.HI/c1-3-4-12-25-13-8-11-21-19(20-2)22-14-17-15-23-24(16-17)18-9-6-5-7-10-18;/h5-7,9-10,15-16H,3-4,8,11-14H2,1-2H3,(H2,20,21,22);1H. The summed E-state index contributed by atoms with van der Waals surface area (Å²) in [5.74, 6) is 0.793. The SMILES string of the molecule is CCCCOCCCNC(=NC)NCc1cnn(-c2ccccc2)c1.I. The molecule has 0 radical (unpaired) electrons. The molecule has 0 unspecified atom stereocenters. The molecule has 2 rings (SSSR count). The highest BCUT2D eigenvalue weighted by molar-refractivity contribution is 14.0. The van der Waals surface area contributed by atoms with Crippen LogP contribution in [0.3, 0.4) is 0 Å². The van der Waals surface area contributed by atoms with Crippen molar-refractivity contribution in [2.24, 2.45) is 4.99 Å². The molecule has 26 heavy (non-hydrogen) atoms. The molecule has 1 aromatic carbocycles. The molecule has 1 aromatic heterocycles. The first kappa shape index (κ1) is 22.4. The molecule has 0 aliphatic carbocycles. The zero-order chi connectivity index (χ0) is 17.7. The van der Waals surface area contributed by atoms with Crippen molar-refractivity contribution < 1.29 is 4.74 Å². The summed E-state index contributed by atoms with van der Waals surface area (Å²) in [4.78, 5) is 4.24. The molecule has 0 amide bonds. The van der Waals surface area contributed by atoms with Gasteiger partial charge >= 0.3 is 0 Å². The van der Waals surface area contributed by atoms with E-state index in [1.54, 1.807) is 7.05 Å². The van der Waals surface area contributed by atoms with Crippen molar-refractivity contribution >= 4 is 29.9 Å². The van der Waals surface area contributed by atoms with Crippen LogP contribution in [-0.2, 0) is 11.3 Å². The highest BCUT2D eigenvalue weighted by Gasteiger charge is 2.02. The monoisotopic (exact) mass is 471 g/mol. The maximum Gasteiger partial charge on any atom is 0.191 e. The van der Waals surface area contributed by atoms with Gasteiger partial charge in [-0.05, 0) is 25.0 Å². The van der Waals surface area contributed by atoms with Crippen LogP contribution in [0.2, 0.25) is 0 Å². The Morgan fingerprint density at radius 1 is 1.15 bits per heavy atom. The van der Waals surface area contributed by atoms with Crippen molar-refractivity contribution in [2.45, 2.75) is 32.7 Å². The number of hydrogen-bond donors (Lipinski definition) is 2. The quantitative estimate of drug-likeness (QED) is 0.242. The van der Waals surface area contributed by atoms with Crippen LogP contribution >= 0.6 is 24.0 Å². The number of unbranched alkanes of at least 4 members (excludes halogenated alkanes) is 1. The first-order valence-electron chi connectivity index (χ1n) is 8.94. The smallest absolute Gasteiger partial charge is 0.191 e. The van der Waals surface area contributed by atoms with Crippen molar-refractivity contribution in [3.05, 3.63) is 48.3 Å². The van der Waals surface area contributed by atoms with Gasteiger partial charge in [0.2, 0.25) is 0 Å². The van der Waals surface area contributed by atoms with Gasteiger partial charge in [-0.2, -0.15) is 5.10 Å². The van der Waals surface area contributed by atoms with Crippen LogP contribution in [0.1, 0.15) is 31.7 Å². The van der Waals surface area contributed by atoms with Gasteiger partial charge in [0, 0.05) is 45.1 Å². The first-order chi connectivity index (χ1) is 12.3. The van der Waals surface area contributed by atoms with Crippen LogP contribution in [-0.4, -0.2) is 42.5 Å². The lowest BCUT2D eigenvalue weighted by Crippen LogP contribution is -2.37. The van der Waals surface area contributed by atoms with Crippen molar-refractivity contribution in [3.8, 4) is 5.69 Å². The van der Waals surface area contributed by atoms with Gasteiger partial charge in [-0.1, -0.05) is 31.5 Å². The summed E-state index contributed by atoms with van der Waals surface area (Å²) in [7, 11) is 1.78. The summed E-state index contributed by atoms with van der Waals surface area (Å²) in [5, 5.41) is 11.0. The molecule has 0 bridgehead atoms. The minimum atomic E-state index is 0. The van der Waals surface area contributed by atoms with Crippen molar-refractivity contribution in [3.63, 3.8) is 0 Å². The van der Waals surface area contributed by atoms with E-state index in [2.05, 4.69) is 27.6 Å². The minimum absolute atomic E-state index is 0. The number of para-hydroxylation sites is 1. The molecule has 1 heterocycles. The Morgan fingerprint density at radius 3 is 2.65 bits per heavy atom. The van der Waals surface area contributed by atoms with Crippen LogP contribution in [0.15, 0.2) is 47.7 Å². The normalized spacial score (nSPS) is 11.1. The summed E-state index contributed by atoms with van der Waals surface area (Å²) < 4.78 is 7.43. The summed E-state index contributed by atoms with van der Waals surface area (Å²) in [6.07, 6.45) is 7.17. The van der Waals surface area contributed by atoms with Gasteiger partial charge in [-0.3, -0.25) is 4.99 Å². The van der Waals surface area contributed by atoms with Crippen molar-refractivity contribution in [1.82, 2.24) is 20.4 Å². The van der Waals surface area contributed by atoms with Gasteiger partial charge in [0.25, 0.3) is 0 Å². The van der Waals surface area contributed by atoms with Gasteiger partial charge in [-0.15, -0.1) is 24.0 Å². The Hall–Kier alpha value is -1.61. The van der Waals surface area contributed by atoms with Gasteiger partial charge < -0.3 is 15.4 Å². The maximum absolute atomic E-state index is 5.55. The number of benzene rings is 1. The fourth-order valence-electron chi connectivity index (χ4n) is 2.31. The van der Waals surface area contributed by atoms with E-state index in [1.807, 2.05) is 47.4 Å². The minimum Gasteiger partial charge on any atom is -0.381 e. The predicted molar refractivity (Wildman–Crippen MR) is 118 cm³/mol. The molecule has 0 saturated carbocycles. The van der Waals surface area contributed by atoms with Gasteiger partial charge in [0.05, 0.1) is 11.9 Å². The van der Waals surface area contributed by atoms with E-state index in [4.69, 9.17) is 4.74 Å². The van der Waals surface area contributed by atoms with E-state index in [1.165, 1.54) is 6.42 Å². The lowest BCUT2D eigenvalue weighted by molar-refractivity contribution is 0.129. The zero-order valence-corrected chi connectivity index (χ0v) is 18.0. The molecule has 6 nitrogen and oxygen atoms in total. The Kier molecular flexibility index (Phi) is 11.7. The van der Waals surface area contributed by atoms with E-state index in [0.29, 0.717) is 6.54 Å². The number of guanidine groups is 1. The second-order valence-electron chi connectivity index (χ2n) is 5.80. The number of ether oxygens (including phenoxy) is 1. The second-order valence-corrected chi connectivity index (χ2v) is 5.80. The average Bonchev–Trinajstić information content (AvgIpc) is 3.13. The third-order valence-electron chi connectivity index (χ3n) is 3.74. The van der Waals surface area contributed by atoms with E-state index in [0.717, 1.165) is 49.8 Å². The fraction of sp³-hybridized carbons (Fsp3) is 0.474. The molecular formula is C19H30IN5O. The van der Waals surface area contributed by atoms with Gasteiger partial charge in [-0.25, -0.2) is 4.68 Å². The van der Waals surface area contributed by atoms with Crippen molar-refractivity contribution in [1.29, 1.82) is 0 Å². The van der Waals surface area contributed by atoms with Gasteiger partial charge in [0.15, 0.2) is 5.96 Å². The molecule has 0 aliphatic rings. The maximum atomic E-state index is 5.55. The highest BCUT2D eigenvalue weighted by atomic mass is 127. The number of rotatable bonds is 10.